The number of hydrogen-bond donors (Lipinski definition) is 1. The minimum absolute atomic E-state index is 0.119. The SMILES string of the molecule is CC1CCCC(NC(=O)C2CCN(c3nc4ccccc4n4cccc34)CC2)C1C. The lowest BCUT2D eigenvalue weighted by Crippen LogP contribution is -2.48. The number of para-hydroxylation sites is 2. The predicted octanol–water partition coefficient (Wildman–Crippen LogP) is 4.64. The molecule has 1 N–H and O–H groups in total. The summed E-state index contributed by atoms with van der Waals surface area (Å²) in [5, 5.41) is 3.40. The normalized spacial score (nSPS) is 25.7. The van der Waals surface area contributed by atoms with Crippen molar-refractivity contribution >= 4 is 28.3 Å². The second-order valence-electron chi connectivity index (χ2n) is 9.33. The molecule has 5 nitrogen and oxygen atoms in total. The first-order chi connectivity index (χ1) is 14.6. The molecule has 3 unspecified atom stereocenters. The Hall–Kier alpha value is -2.56. The van der Waals surface area contributed by atoms with E-state index in [0.717, 1.165) is 54.7 Å². The molecule has 3 heterocycles. The average molecular weight is 405 g/mol. The molecular formula is C25H32N4O. The second-order valence-corrected chi connectivity index (χ2v) is 9.33. The lowest BCUT2D eigenvalue weighted by atomic mass is 9.78. The number of piperidine rings is 1. The maximum absolute atomic E-state index is 13.0. The largest absolute Gasteiger partial charge is 0.355 e. The molecule has 0 spiro atoms. The summed E-state index contributed by atoms with van der Waals surface area (Å²) in [6, 6.07) is 12.9. The number of nitrogens with zero attached hydrogens (tertiary/aromatic N) is 3. The van der Waals surface area contributed by atoms with Crippen molar-refractivity contribution in [1.82, 2.24) is 14.7 Å². The highest BCUT2D eigenvalue weighted by Gasteiger charge is 2.32. The minimum atomic E-state index is 0.119. The molecule has 0 radical (unpaired) electrons. The summed E-state index contributed by atoms with van der Waals surface area (Å²) < 4.78 is 2.22. The molecule has 1 aliphatic heterocycles. The molecule has 3 aromatic rings. The van der Waals surface area contributed by atoms with E-state index in [4.69, 9.17) is 4.98 Å². The predicted molar refractivity (Wildman–Crippen MR) is 122 cm³/mol. The van der Waals surface area contributed by atoms with Crippen LogP contribution >= 0.6 is 0 Å². The number of fused-ring (bicyclic) bond motifs is 3. The zero-order valence-corrected chi connectivity index (χ0v) is 18.1. The molecule has 3 atom stereocenters. The topological polar surface area (TPSA) is 49.6 Å². The molecule has 1 saturated heterocycles. The Bertz CT molecular complexity index is 1050. The molecule has 2 aliphatic rings. The third-order valence-electron chi connectivity index (χ3n) is 7.55. The Labute approximate surface area is 178 Å². The van der Waals surface area contributed by atoms with Gasteiger partial charge in [0.05, 0.1) is 16.6 Å². The molecule has 1 aromatic carbocycles. The van der Waals surface area contributed by atoms with E-state index in [1.54, 1.807) is 0 Å². The second kappa shape index (κ2) is 7.93. The summed E-state index contributed by atoms with van der Waals surface area (Å²) in [5.41, 5.74) is 3.28. The van der Waals surface area contributed by atoms with Gasteiger partial charge in [0, 0.05) is 31.2 Å². The van der Waals surface area contributed by atoms with Gasteiger partial charge in [-0.1, -0.05) is 38.8 Å². The highest BCUT2D eigenvalue weighted by molar-refractivity contribution is 5.85. The first-order valence-electron chi connectivity index (χ1n) is 11.5. The number of rotatable bonds is 3. The molecule has 1 amide bonds. The summed E-state index contributed by atoms with van der Waals surface area (Å²) in [7, 11) is 0. The van der Waals surface area contributed by atoms with Gasteiger partial charge in [-0.15, -0.1) is 0 Å². The van der Waals surface area contributed by atoms with E-state index >= 15 is 0 Å². The molecule has 1 saturated carbocycles. The summed E-state index contributed by atoms with van der Waals surface area (Å²) in [5.74, 6) is 2.70. The third-order valence-corrected chi connectivity index (χ3v) is 7.55. The van der Waals surface area contributed by atoms with Gasteiger partial charge < -0.3 is 14.6 Å². The van der Waals surface area contributed by atoms with Crippen molar-refractivity contribution in [2.75, 3.05) is 18.0 Å². The Balaban J connectivity index is 1.29. The van der Waals surface area contributed by atoms with E-state index in [2.05, 4.69) is 65.0 Å². The number of hydrogen-bond acceptors (Lipinski definition) is 3. The molecule has 30 heavy (non-hydrogen) atoms. The van der Waals surface area contributed by atoms with Crippen molar-refractivity contribution in [1.29, 1.82) is 0 Å². The van der Waals surface area contributed by atoms with Crippen LogP contribution in [0, 0.1) is 17.8 Å². The van der Waals surface area contributed by atoms with E-state index in [1.807, 2.05) is 6.07 Å². The van der Waals surface area contributed by atoms with Gasteiger partial charge >= 0.3 is 0 Å². The van der Waals surface area contributed by atoms with Crippen molar-refractivity contribution in [2.24, 2.45) is 17.8 Å². The monoisotopic (exact) mass is 404 g/mol. The lowest BCUT2D eigenvalue weighted by molar-refractivity contribution is -0.127. The molecular weight excluding hydrogens is 372 g/mol. The number of aromatic nitrogens is 2. The van der Waals surface area contributed by atoms with Gasteiger partial charge in [-0.2, -0.15) is 0 Å². The summed E-state index contributed by atoms with van der Waals surface area (Å²) in [6.07, 6.45) is 7.54. The van der Waals surface area contributed by atoms with E-state index in [-0.39, 0.29) is 11.8 Å². The van der Waals surface area contributed by atoms with E-state index in [0.29, 0.717) is 17.9 Å². The number of anilines is 1. The van der Waals surface area contributed by atoms with Crippen LogP contribution in [0.5, 0.6) is 0 Å². The number of amides is 1. The Morgan fingerprint density at radius 2 is 1.77 bits per heavy atom. The van der Waals surface area contributed by atoms with Crippen LogP contribution in [0.2, 0.25) is 0 Å². The third kappa shape index (κ3) is 3.44. The fraction of sp³-hybridized carbons (Fsp3) is 0.520. The van der Waals surface area contributed by atoms with Crippen molar-refractivity contribution in [2.45, 2.75) is 52.0 Å². The van der Waals surface area contributed by atoms with E-state index < -0.39 is 0 Å². The molecule has 2 fully saturated rings. The van der Waals surface area contributed by atoms with Crippen LogP contribution < -0.4 is 10.2 Å². The van der Waals surface area contributed by atoms with Gasteiger partial charge in [-0.05, 0) is 55.4 Å². The minimum Gasteiger partial charge on any atom is -0.355 e. The molecule has 2 aromatic heterocycles. The van der Waals surface area contributed by atoms with Gasteiger partial charge in [-0.3, -0.25) is 4.79 Å². The summed E-state index contributed by atoms with van der Waals surface area (Å²) >= 11 is 0. The van der Waals surface area contributed by atoms with Crippen molar-refractivity contribution in [3.63, 3.8) is 0 Å². The van der Waals surface area contributed by atoms with Crippen LogP contribution in [-0.4, -0.2) is 34.4 Å². The zero-order valence-electron chi connectivity index (χ0n) is 18.1. The molecule has 5 heteroatoms. The summed E-state index contributed by atoms with van der Waals surface area (Å²) in [4.78, 5) is 20.3. The van der Waals surface area contributed by atoms with Crippen molar-refractivity contribution in [3.05, 3.63) is 42.6 Å². The van der Waals surface area contributed by atoms with Crippen LogP contribution in [0.3, 0.4) is 0 Å². The fourth-order valence-corrected chi connectivity index (χ4v) is 5.38. The zero-order chi connectivity index (χ0) is 20.7. The number of nitrogens with one attached hydrogen (secondary N) is 1. The number of carbonyl (C=O) groups is 1. The van der Waals surface area contributed by atoms with E-state index in [1.165, 1.54) is 12.8 Å². The van der Waals surface area contributed by atoms with Crippen LogP contribution in [-0.2, 0) is 4.79 Å². The van der Waals surface area contributed by atoms with Crippen LogP contribution in [0.4, 0.5) is 5.82 Å². The molecule has 5 rings (SSSR count). The molecule has 1 aliphatic carbocycles. The Kier molecular flexibility index (Phi) is 5.13. The number of benzene rings is 1. The van der Waals surface area contributed by atoms with Crippen molar-refractivity contribution < 1.29 is 4.79 Å². The quantitative estimate of drug-likeness (QED) is 0.692. The first kappa shape index (κ1) is 19.4. The molecule has 0 bridgehead atoms. The van der Waals surface area contributed by atoms with Gasteiger partial charge in [-0.25, -0.2) is 4.98 Å². The Morgan fingerprint density at radius 1 is 1.00 bits per heavy atom. The van der Waals surface area contributed by atoms with Gasteiger partial charge in [0.2, 0.25) is 5.91 Å². The smallest absolute Gasteiger partial charge is 0.223 e. The van der Waals surface area contributed by atoms with Gasteiger partial charge in [0.1, 0.15) is 0 Å². The first-order valence-corrected chi connectivity index (χ1v) is 11.5. The van der Waals surface area contributed by atoms with Crippen LogP contribution in [0.1, 0.15) is 46.0 Å². The summed E-state index contributed by atoms with van der Waals surface area (Å²) in [6.45, 7) is 6.37. The lowest BCUT2D eigenvalue weighted by Gasteiger charge is -2.37. The maximum atomic E-state index is 13.0. The maximum Gasteiger partial charge on any atom is 0.223 e. The Morgan fingerprint density at radius 3 is 2.60 bits per heavy atom. The average Bonchev–Trinajstić information content (AvgIpc) is 3.27. The van der Waals surface area contributed by atoms with Crippen LogP contribution in [0.15, 0.2) is 42.6 Å². The van der Waals surface area contributed by atoms with Crippen molar-refractivity contribution in [3.8, 4) is 0 Å². The fourth-order valence-electron chi connectivity index (χ4n) is 5.38. The van der Waals surface area contributed by atoms with Crippen LogP contribution in [0.25, 0.3) is 16.6 Å². The van der Waals surface area contributed by atoms with Gasteiger partial charge in [0.15, 0.2) is 5.82 Å². The highest BCUT2D eigenvalue weighted by Crippen LogP contribution is 2.31. The standard InChI is InChI=1S/C25H32N4O/c1-17-7-5-9-20(18(17)2)27-25(30)19-12-15-28(16-13-19)24-23-11-6-14-29(23)22-10-4-3-8-21(22)26-24/h3-4,6,8,10-11,14,17-20H,5,7,9,12-13,15-16H2,1-2H3,(H,27,30). The number of carbonyl (C=O) groups excluding carboxylic acids is 1. The molecule has 158 valence electrons. The highest BCUT2D eigenvalue weighted by atomic mass is 16.2. The van der Waals surface area contributed by atoms with E-state index in [9.17, 15) is 4.79 Å². The van der Waals surface area contributed by atoms with Gasteiger partial charge in [0.25, 0.3) is 0 Å².